The van der Waals surface area contributed by atoms with Crippen molar-refractivity contribution in [2.45, 2.75) is 26.0 Å². The molecular formula is C25H25N7O2. The second-order valence-corrected chi connectivity index (χ2v) is 8.73. The fourth-order valence-electron chi connectivity index (χ4n) is 4.76. The van der Waals surface area contributed by atoms with Crippen molar-refractivity contribution in [3.05, 3.63) is 87.9 Å². The van der Waals surface area contributed by atoms with Gasteiger partial charge in [-0.2, -0.15) is 4.52 Å². The van der Waals surface area contributed by atoms with E-state index in [2.05, 4.69) is 30.9 Å². The fourth-order valence-corrected chi connectivity index (χ4v) is 4.76. The van der Waals surface area contributed by atoms with Crippen molar-refractivity contribution in [2.75, 3.05) is 36.0 Å². The summed E-state index contributed by atoms with van der Waals surface area (Å²) in [5.74, 6) is 0.806. The monoisotopic (exact) mass is 455 g/mol. The van der Waals surface area contributed by atoms with E-state index in [-0.39, 0.29) is 11.7 Å². The zero-order chi connectivity index (χ0) is 23.1. The molecule has 9 heteroatoms. The van der Waals surface area contributed by atoms with Crippen LogP contribution in [0.15, 0.2) is 59.8 Å². The van der Waals surface area contributed by atoms with Crippen LogP contribution in [0.2, 0.25) is 0 Å². The Labute approximate surface area is 196 Å². The molecule has 4 aromatic heterocycles. The van der Waals surface area contributed by atoms with Gasteiger partial charge in [0.25, 0.3) is 5.56 Å². The number of aryl methyl sites for hydroxylation is 1. The van der Waals surface area contributed by atoms with Gasteiger partial charge in [0.2, 0.25) is 0 Å². The maximum atomic E-state index is 12.3. The zero-order valence-corrected chi connectivity index (χ0v) is 19.0. The molecule has 1 saturated heterocycles. The summed E-state index contributed by atoms with van der Waals surface area (Å²) < 4.78 is 7.36. The lowest BCUT2D eigenvalue weighted by atomic mass is 10.0. The highest BCUT2D eigenvalue weighted by atomic mass is 16.5. The first kappa shape index (κ1) is 20.7. The molecule has 172 valence electrons. The smallest absolute Gasteiger partial charge is 0.274 e. The minimum atomic E-state index is -0.178. The molecule has 0 radical (unpaired) electrons. The number of rotatable bonds is 3. The predicted octanol–water partition coefficient (Wildman–Crippen LogP) is 2.33. The van der Waals surface area contributed by atoms with E-state index in [4.69, 9.17) is 9.72 Å². The van der Waals surface area contributed by atoms with Crippen molar-refractivity contribution in [1.29, 1.82) is 0 Å². The number of hydrogen-bond donors (Lipinski definition) is 0. The van der Waals surface area contributed by atoms with Crippen LogP contribution in [-0.4, -0.2) is 50.8 Å². The summed E-state index contributed by atoms with van der Waals surface area (Å²) in [5, 5.41) is 4.64. The van der Waals surface area contributed by atoms with Gasteiger partial charge in [-0.05, 0) is 42.3 Å². The number of morpholine rings is 1. The van der Waals surface area contributed by atoms with Gasteiger partial charge in [0.15, 0.2) is 11.5 Å². The molecule has 6 rings (SSSR count). The Kier molecular flexibility index (Phi) is 5.18. The van der Waals surface area contributed by atoms with Crippen molar-refractivity contribution >= 4 is 17.2 Å². The highest BCUT2D eigenvalue weighted by molar-refractivity contribution is 5.55. The van der Waals surface area contributed by atoms with E-state index in [1.165, 1.54) is 22.3 Å². The Hall–Kier alpha value is -3.85. The molecule has 0 amide bonds. The minimum absolute atomic E-state index is 0.0566. The fraction of sp³-hybridized carbons (Fsp3) is 0.320. The first-order valence-electron chi connectivity index (χ1n) is 11.5. The first-order chi connectivity index (χ1) is 16.7. The number of ether oxygens (including phenoxy) is 1. The van der Waals surface area contributed by atoms with Gasteiger partial charge >= 0.3 is 0 Å². The molecule has 1 unspecified atom stereocenters. The van der Waals surface area contributed by atoms with Gasteiger partial charge in [-0.3, -0.25) is 14.8 Å². The van der Waals surface area contributed by atoms with Gasteiger partial charge < -0.3 is 14.5 Å². The number of aromatic nitrogens is 5. The van der Waals surface area contributed by atoms with Crippen LogP contribution in [0, 0.1) is 6.92 Å². The number of fused-ring (bicyclic) bond motifs is 2. The lowest BCUT2D eigenvalue weighted by Gasteiger charge is -2.35. The van der Waals surface area contributed by atoms with Crippen LogP contribution < -0.4 is 15.4 Å². The van der Waals surface area contributed by atoms with E-state index < -0.39 is 0 Å². The molecule has 34 heavy (non-hydrogen) atoms. The molecule has 0 N–H and O–H groups in total. The van der Waals surface area contributed by atoms with Crippen LogP contribution in [0.5, 0.6) is 0 Å². The lowest BCUT2D eigenvalue weighted by molar-refractivity contribution is 0.0370. The predicted molar refractivity (Wildman–Crippen MR) is 128 cm³/mol. The molecule has 6 heterocycles. The van der Waals surface area contributed by atoms with Crippen molar-refractivity contribution < 1.29 is 4.74 Å². The highest BCUT2D eigenvalue weighted by Crippen LogP contribution is 2.29. The summed E-state index contributed by atoms with van der Waals surface area (Å²) in [6.07, 6.45) is 6.07. The number of anilines is 2. The highest BCUT2D eigenvalue weighted by Gasteiger charge is 2.26. The lowest BCUT2D eigenvalue weighted by Crippen LogP contribution is -2.39. The molecule has 4 aromatic rings. The molecule has 9 nitrogen and oxygen atoms in total. The van der Waals surface area contributed by atoms with Crippen LogP contribution >= 0.6 is 0 Å². The second-order valence-electron chi connectivity index (χ2n) is 8.73. The maximum Gasteiger partial charge on any atom is 0.274 e. The molecule has 1 fully saturated rings. The molecule has 2 aliphatic heterocycles. The molecule has 0 aromatic carbocycles. The Bertz CT molecular complexity index is 1410. The standard InChI is InChI=1S/C25H25N7O2/c1-17-12-23-27-8-5-24(33)32(23)29-25(17)31-9-6-20-18(15-31)13-19(14-28-20)30-10-11-34-22(16-30)21-4-2-3-7-26-21/h2-5,7-8,12-14,22H,6,9-11,15-16H2,1H3. The normalized spacial score (nSPS) is 18.2. The van der Waals surface area contributed by atoms with Crippen LogP contribution in [-0.2, 0) is 17.7 Å². The van der Waals surface area contributed by atoms with Gasteiger partial charge in [0.05, 0.1) is 30.7 Å². The Morgan fingerprint density at radius 2 is 1.97 bits per heavy atom. The van der Waals surface area contributed by atoms with Crippen molar-refractivity contribution in [2.24, 2.45) is 0 Å². The van der Waals surface area contributed by atoms with Crippen LogP contribution in [0.1, 0.15) is 28.6 Å². The average Bonchev–Trinajstić information content (AvgIpc) is 2.88. The molecule has 1 atom stereocenters. The SMILES string of the molecule is Cc1cc2nccc(=O)n2nc1N1CCc2ncc(N3CCOC(c4ccccn4)C3)cc2C1. The summed E-state index contributed by atoms with van der Waals surface area (Å²) in [7, 11) is 0. The number of pyridine rings is 2. The van der Waals surface area contributed by atoms with E-state index in [1.54, 1.807) is 6.20 Å². The quantitative estimate of drug-likeness (QED) is 0.465. The van der Waals surface area contributed by atoms with Crippen molar-refractivity contribution in [3.63, 3.8) is 0 Å². The molecule has 0 aliphatic carbocycles. The summed E-state index contributed by atoms with van der Waals surface area (Å²) in [5.41, 5.74) is 5.72. The van der Waals surface area contributed by atoms with Gasteiger partial charge in [-0.25, -0.2) is 4.98 Å². The molecule has 0 saturated carbocycles. The van der Waals surface area contributed by atoms with Gasteiger partial charge in [-0.1, -0.05) is 6.07 Å². The Morgan fingerprint density at radius 3 is 2.85 bits per heavy atom. The minimum Gasteiger partial charge on any atom is -0.368 e. The molecule has 0 spiro atoms. The molecular weight excluding hydrogens is 430 g/mol. The van der Waals surface area contributed by atoms with E-state index in [0.717, 1.165) is 54.5 Å². The van der Waals surface area contributed by atoms with E-state index >= 15 is 0 Å². The summed E-state index contributed by atoms with van der Waals surface area (Å²) in [6, 6.07) is 11.5. The van der Waals surface area contributed by atoms with Gasteiger partial charge in [0, 0.05) is 50.2 Å². The first-order valence-corrected chi connectivity index (χ1v) is 11.5. The van der Waals surface area contributed by atoms with Crippen molar-refractivity contribution in [3.8, 4) is 0 Å². The topological polar surface area (TPSA) is 88.8 Å². The van der Waals surface area contributed by atoms with Crippen molar-refractivity contribution in [1.82, 2.24) is 24.6 Å². The van der Waals surface area contributed by atoms with E-state index in [9.17, 15) is 4.79 Å². The van der Waals surface area contributed by atoms with Crippen LogP contribution in [0.4, 0.5) is 11.5 Å². The second kappa shape index (κ2) is 8.49. The average molecular weight is 456 g/mol. The molecule has 0 bridgehead atoms. The number of hydrogen-bond acceptors (Lipinski definition) is 8. The van der Waals surface area contributed by atoms with Crippen LogP contribution in [0.25, 0.3) is 5.65 Å². The Balaban J connectivity index is 1.27. The Morgan fingerprint density at radius 1 is 1.03 bits per heavy atom. The third-order valence-electron chi connectivity index (χ3n) is 6.52. The third kappa shape index (κ3) is 3.77. The van der Waals surface area contributed by atoms with E-state index in [1.807, 2.05) is 37.4 Å². The maximum absolute atomic E-state index is 12.3. The third-order valence-corrected chi connectivity index (χ3v) is 6.52. The molecule has 2 aliphatic rings. The summed E-state index contributed by atoms with van der Waals surface area (Å²) in [6.45, 7) is 5.70. The summed E-state index contributed by atoms with van der Waals surface area (Å²) >= 11 is 0. The van der Waals surface area contributed by atoms with Crippen LogP contribution in [0.3, 0.4) is 0 Å². The zero-order valence-electron chi connectivity index (χ0n) is 19.0. The van der Waals surface area contributed by atoms with E-state index in [0.29, 0.717) is 18.8 Å². The van der Waals surface area contributed by atoms with Gasteiger partial charge in [-0.15, -0.1) is 5.10 Å². The van der Waals surface area contributed by atoms with Gasteiger partial charge in [0.1, 0.15) is 6.10 Å². The largest absolute Gasteiger partial charge is 0.368 e. The number of nitrogens with zero attached hydrogens (tertiary/aromatic N) is 7. The summed E-state index contributed by atoms with van der Waals surface area (Å²) in [4.78, 5) is 30.4.